The van der Waals surface area contributed by atoms with Crippen molar-refractivity contribution in [3.8, 4) is 0 Å². The fraction of sp³-hybridized carbons (Fsp3) is 0.667. The van der Waals surface area contributed by atoms with Crippen LogP contribution in [-0.4, -0.2) is 41.0 Å². The van der Waals surface area contributed by atoms with E-state index in [0.29, 0.717) is 11.2 Å². The molecule has 1 saturated heterocycles. The van der Waals surface area contributed by atoms with Crippen LogP contribution in [0.15, 0.2) is 6.07 Å². The lowest BCUT2D eigenvalue weighted by Crippen LogP contribution is -2.36. The molecule has 2 rings (SSSR count). The van der Waals surface area contributed by atoms with Crippen LogP contribution in [0.3, 0.4) is 0 Å². The van der Waals surface area contributed by atoms with E-state index < -0.39 is 0 Å². The van der Waals surface area contributed by atoms with Gasteiger partial charge in [-0.15, -0.1) is 0 Å². The Labute approximate surface area is 107 Å². The first-order valence-corrected chi connectivity index (χ1v) is 6.45. The summed E-state index contributed by atoms with van der Waals surface area (Å²) in [5.74, 6) is 0.831. The molecule has 1 unspecified atom stereocenters. The minimum atomic E-state index is 0.539. The van der Waals surface area contributed by atoms with E-state index in [-0.39, 0.29) is 0 Å². The minimum Gasteiger partial charge on any atom is -0.318 e. The number of halogens is 1. The molecule has 17 heavy (non-hydrogen) atoms. The summed E-state index contributed by atoms with van der Waals surface area (Å²) < 4.78 is 0. The van der Waals surface area contributed by atoms with Crippen molar-refractivity contribution in [2.45, 2.75) is 32.4 Å². The summed E-state index contributed by atoms with van der Waals surface area (Å²) in [5.41, 5.74) is 0.935. The predicted octanol–water partition coefficient (Wildman–Crippen LogP) is 1.62. The van der Waals surface area contributed by atoms with Crippen molar-refractivity contribution >= 4 is 11.6 Å². The smallest absolute Gasteiger partial charge is 0.144 e. The van der Waals surface area contributed by atoms with Crippen LogP contribution >= 0.6 is 11.6 Å². The monoisotopic (exact) mass is 254 g/mol. The quantitative estimate of drug-likeness (QED) is 0.830. The highest BCUT2D eigenvalue weighted by atomic mass is 35.5. The van der Waals surface area contributed by atoms with E-state index in [9.17, 15) is 0 Å². The van der Waals surface area contributed by atoms with Gasteiger partial charge in [0.2, 0.25) is 0 Å². The lowest BCUT2D eigenvalue weighted by Gasteiger charge is -2.23. The molecular weight excluding hydrogens is 236 g/mol. The number of aryl methyl sites for hydroxylation is 1. The van der Waals surface area contributed by atoms with E-state index in [0.717, 1.165) is 31.2 Å². The van der Waals surface area contributed by atoms with Gasteiger partial charge < -0.3 is 5.32 Å². The summed E-state index contributed by atoms with van der Waals surface area (Å²) in [4.78, 5) is 11.2. The summed E-state index contributed by atoms with van der Waals surface area (Å²) in [5, 5.41) is 3.78. The van der Waals surface area contributed by atoms with Crippen molar-refractivity contribution < 1.29 is 0 Å². The number of rotatable bonds is 4. The molecule has 94 valence electrons. The number of likely N-dealkylation sites (tertiary alicyclic amines) is 1. The number of hydrogen-bond acceptors (Lipinski definition) is 4. The third-order valence-corrected chi connectivity index (χ3v) is 3.35. The summed E-state index contributed by atoms with van der Waals surface area (Å²) >= 11 is 5.95. The van der Waals surface area contributed by atoms with E-state index >= 15 is 0 Å². The lowest BCUT2D eigenvalue weighted by atomic mass is 10.2. The zero-order valence-corrected chi connectivity index (χ0v) is 11.2. The van der Waals surface area contributed by atoms with Gasteiger partial charge in [-0.1, -0.05) is 11.6 Å². The summed E-state index contributed by atoms with van der Waals surface area (Å²) in [6, 6.07) is 2.39. The summed E-state index contributed by atoms with van der Waals surface area (Å²) in [6.45, 7) is 4.90. The molecule has 0 aromatic carbocycles. The molecule has 1 aromatic rings. The van der Waals surface area contributed by atoms with Crippen LogP contribution in [0, 0.1) is 6.92 Å². The molecule has 1 aliphatic heterocycles. The van der Waals surface area contributed by atoms with Gasteiger partial charge in [0.1, 0.15) is 11.0 Å². The second kappa shape index (κ2) is 5.76. The molecule has 4 nitrogen and oxygen atoms in total. The zero-order chi connectivity index (χ0) is 12.3. The highest BCUT2D eigenvalue weighted by molar-refractivity contribution is 6.29. The maximum atomic E-state index is 5.95. The van der Waals surface area contributed by atoms with Crippen LogP contribution in [0.4, 0.5) is 0 Å². The number of nitrogens with one attached hydrogen (secondary N) is 1. The van der Waals surface area contributed by atoms with Crippen LogP contribution in [0.25, 0.3) is 0 Å². The molecule has 0 amide bonds. The maximum absolute atomic E-state index is 5.95. The molecule has 0 saturated carbocycles. The topological polar surface area (TPSA) is 41.0 Å². The highest BCUT2D eigenvalue weighted by Crippen LogP contribution is 2.19. The Balaban J connectivity index is 2.04. The normalized spacial score (nSPS) is 21.0. The fourth-order valence-electron chi connectivity index (χ4n) is 2.41. The zero-order valence-electron chi connectivity index (χ0n) is 10.4. The molecule has 1 N–H and O–H groups in total. The Kier molecular flexibility index (Phi) is 4.31. The van der Waals surface area contributed by atoms with Gasteiger partial charge >= 0.3 is 0 Å². The average Bonchev–Trinajstić information content (AvgIpc) is 2.65. The molecule has 0 spiro atoms. The van der Waals surface area contributed by atoms with Crippen molar-refractivity contribution in [3.63, 3.8) is 0 Å². The van der Waals surface area contributed by atoms with Gasteiger partial charge in [0.15, 0.2) is 0 Å². The second-order valence-corrected chi connectivity index (χ2v) is 4.96. The predicted molar refractivity (Wildman–Crippen MR) is 69.1 cm³/mol. The van der Waals surface area contributed by atoms with Gasteiger partial charge in [-0.05, 0) is 39.4 Å². The first-order valence-electron chi connectivity index (χ1n) is 6.08. The summed E-state index contributed by atoms with van der Waals surface area (Å²) in [6.07, 6.45) is 2.51. The van der Waals surface area contributed by atoms with Crippen LogP contribution in [0.1, 0.15) is 24.4 Å². The van der Waals surface area contributed by atoms with Crippen LogP contribution in [0.2, 0.25) is 5.15 Å². The Bertz CT molecular complexity index is 363. The molecule has 1 atom stereocenters. The molecule has 1 aliphatic rings. The average molecular weight is 255 g/mol. The molecule has 5 heteroatoms. The van der Waals surface area contributed by atoms with Crippen LogP contribution < -0.4 is 5.32 Å². The largest absolute Gasteiger partial charge is 0.318 e. The maximum Gasteiger partial charge on any atom is 0.144 e. The minimum absolute atomic E-state index is 0.539. The van der Waals surface area contributed by atoms with Gasteiger partial charge in [-0.3, -0.25) is 4.90 Å². The van der Waals surface area contributed by atoms with E-state index in [2.05, 4.69) is 20.2 Å². The second-order valence-electron chi connectivity index (χ2n) is 4.57. The van der Waals surface area contributed by atoms with Gasteiger partial charge in [0.05, 0.1) is 6.54 Å². The van der Waals surface area contributed by atoms with Crippen molar-refractivity contribution in [1.82, 2.24) is 20.2 Å². The molecule has 1 aromatic heterocycles. The lowest BCUT2D eigenvalue weighted by molar-refractivity contribution is 0.236. The van der Waals surface area contributed by atoms with Crippen molar-refractivity contribution in [3.05, 3.63) is 22.7 Å². The standard InChI is InChI=1S/C12H19ClN4/c1-9-6-11(13)16-12(15-9)8-17-5-3-4-10(17)7-14-2/h6,10,14H,3-5,7-8H2,1-2H3. The van der Waals surface area contributed by atoms with Crippen molar-refractivity contribution in [2.75, 3.05) is 20.1 Å². The number of likely N-dealkylation sites (N-methyl/N-ethyl adjacent to an activating group) is 1. The molecule has 1 fully saturated rings. The van der Waals surface area contributed by atoms with E-state index in [1.54, 1.807) is 6.07 Å². The molecule has 2 heterocycles. The summed E-state index contributed by atoms with van der Waals surface area (Å²) in [7, 11) is 2.00. The Hall–Kier alpha value is -0.710. The van der Waals surface area contributed by atoms with E-state index in [1.165, 1.54) is 12.8 Å². The Morgan fingerprint density at radius 2 is 2.35 bits per heavy atom. The SMILES string of the molecule is CNCC1CCCN1Cc1nc(C)cc(Cl)n1. The van der Waals surface area contributed by atoms with Crippen LogP contribution in [0.5, 0.6) is 0 Å². The third kappa shape index (κ3) is 3.37. The van der Waals surface area contributed by atoms with Gasteiger partial charge in [0, 0.05) is 18.3 Å². The molecule has 0 bridgehead atoms. The van der Waals surface area contributed by atoms with Crippen LogP contribution in [-0.2, 0) is 6.54 Å². The molecular formula is C12H19ClN4. The highest BCUT2D eigenvalue weighted by Gasteiger charge is 2.24. The van der Waals surface area contributed by atoms with Gasteiger partial charge in [-0.2, -0.15) is 0 Å². The number of nitrogens with zero attached hydrogens (tertiary/aromatic N) is 3. The fourth-order valence-corrected chi connectivity index (χ4v) is 2.67. The van der Waals surface area contributed by atoms with E-state index in [1.807, 2.05) is 14.0 Å². The first-order chi connectivity index (χ1) is 8.19. The van der Waals surface area contributed by atoms with Crippen molar-refractivity contribution in [2.24, 2.45) is 0 Å². The third-order valence-electron chi connectivity index (χ3n) is 3.15. The number of hydrogen-bond donors (Lipinski definition) is 1. The molecule has 0 radical (unpaired) electrons. The van der Waals surface area contributed by atoms with Crippen molar-refractivity contribution in [1.29, 1.82) is 0 Å². The van der Waals surface area contributed by atoms with Gasteiger partial charge in [0.25, 0.3) is 0 Å². The number of aromatic nitrogens is 2. The molecule has 0 aliphatic carbocycles. The Morgan fingerprint density at radius 3 is 3.06 bits per heavy atom. The Morgan fingerprint density at radius 1 is 1.53 bits per heavy atom. The van der Waals surface area contributed by atoms with Gasteiger partial charge in [-0.25, -0.2) is 9.97 Å². The van der Waals surface area contributed by atoms with E-state index in [4.69, 9.17) is 11.6 Å². The first kappa shape index (κ1) is 12.7.